The number of anilines is 1. The largest absolute Gasteiger partial charge is 0.365 e. The van der Waals surface area contributed by atoms with E-state index in [9.17, 15) is 0 Å². The summed E-state index contributed by atoms with van der Waals surface area (Å²) < 4.78 is 5.11. The van der Waals surface area contributed by atoms with Crippen LogP contribution >= 0.6 is 0 Å². The molecule has 0 fully saturated rings. The molecule has 0 aliphatic carbocycles. The normalized spacial score (nSPS) is 19.4. The molecule has 16 heavy (non-hydrogen) atoms. The summed E-state index contributed by atoms with van der Waals surface area (Å²) in [5.41, 5.74) is 7.98. The van der Waals surface area contributed by atoms with Gasteiger partial charge in [0.15, 0.2) is 0 Å². The second-order valence-electron chi connectivity index (χ2n) is 3.83. The molecule has 82 valence electrons. The topological polar surface area (TPSA) is 77.0 Å². The number of nitrogens with zero attached hydrogens (tertiary/aromatic N) is 2. The molecule has 1 aromatic heterocycles. The number of benzene rings is 1. The van der Waals surface area contributed by atoms with Gasteiger partial charge in [-0.25, -0.2) is 0 Å². The maximum Gasteiger partial charge on any atom is 0.260 e. The SMILES string of the molecule is Nc1noc(C2NCCc3ccccc32)n1. The Morgan fingerprint density at radius 1 is 1.38 bits per heavy atom. The van der Waals surface area contributed by atoms with Crippen LogP contribution in [0, 0.1) is 0 Å². The maximum absolute atomic E-state index is 5.46. The van der Waals surface area contributed by atoms with Crippen molar-refractivity contribution in [1.82, 2.24) is 15.5 Å². The molecule has 0 saturated heterocycles. The molecule has 3 N–H and O–H groups in total. The van der Waals surface area contributed by atoms with Crippen LogP contribution in [0.5, 0.6) is 0 Å². The van der Waals surface area contributed by atoms with Gasteiger partial charge in [0.1, 0.15) is 6.04 Å². The van der Waals surface area contributed by atoms with Crippen LogP contribution in [-0.4, -0.2) is 16.7 Å². The fourth-order valence-corrected chi connectivity index (χ4v) is 2.09. The molecule has 0 saturated carbocycles. The predicted octanol–water partition coefficient (Wildman–Crippen LogP) is 0.887. The lowest BCUT2D eigenvalue weighted by Crippen LogP contribution is -2.30. The summed E-state index contributed by atoms with van der Waals surface area (Å²) in [6, 6.07) is 8.23. The molecule has 1 aromatic carbocycles. The molecule has 5 nitrogen and oxygen atoms in total. The first kappa shape index (κ1) is 9.35. The van der Waals surface area contributed by atoms with Crippen molar-refractivity contribution in [1.29, 1.82) is 0 Å². The highest BCUT2D eigenvalue weighted by Crippen LogP contribution is 2.27. The molecule has 1 atom stereocenters. The molecule has 0 amide bonds. The van der Waals surface area contributed by atoms with Crippen LogP contribution in [0.3, 0.4) is 0 Å². The highest BCUT2D eigenvalue weighted by molar-refractivity contribution is 5.35. The molecule has 2 aromatic rings. The second-order valence-corrected chi connectivity index (χ2v) is 3.83. The number of hydrogen-bond donors (Lipinski definition) is 2. The van der Waals surface area contributed by atoms with Crippen LogP contribution in [0.1, 0.15) is 23.1 Å². The average molecular weight is 216 g/mol. The number of rotatable bonds is 1. The van der Waals surface area contributed by atoms with E-state index in [0.29, 0.717) is 5.89 Å². The van der Waals surface area contributed by atoms with Gasteiger partial charge in [0, 0.05) is 6.54 Å². The van der Waals surface area contributed by atoms with Gasteiger partial charge in [-0.1, -0.05) is 24.3 Å². The minimum Gasteiger partial charge on any atom is -0.365 e. The summed E-state index contributed by atoms with van der Waals surface area (Å²) in [5, 5.41) is 6.97. The van der Waals surface area contributed by atoms with Crippen molar-refractivity contribution in [3.8, 4) is 0 Å². The third-order valence-corrected chi connectivity index (χ3v) is 2.81. The highest BCUT2D eigenvalue weighted by atomic mass is 16.5. The highest BCUT2D eigenvalue weighted by Gasteiger charge is 2.25. The van der Waals surface area contributed by atoms with Crippen molar-refractivity contribution in [2.24, 2.45) is 0 Å². The van der Waals surface area contributed by atoms with E-state index in [1.54, 1.807) is 0 Å². The smallest absolute Gasteiger partial charge is 0.260 e. The Morgan fingerprint density at radius 3 is 3.06 bits per heavy atom. The Bertz CT molecular complexity index is 508. The van der Waals surface area contributed by atoms with Gasteiger partial charge in [0.05, 0.1) is 0 Å². The first-order valence-electron chi connectivity index (χ1n) is 5.25. The van der Waals surface area contributed by atoms with Crippen LogP contribution in [0.25, 0.3) is 0 Å². The van der Waals surface area contributed by atoms with Crippen molar-refractivity contribution in [3.63, 3.8) is 0 Å². The number of fused-ring (bicyclic) bond motifs is 1. The van der Waals surface area contributed by atoms with Crippen molar-refractivity contribution in [2.75, 3.05) is 12.3 Å². The summed E-state index contributed by atoms with van der Waals surface area (Å²) in [5.74, 6) is 0.713. The van der Waals surface area contributed by atoms with E-state index in [1.165, 1.54) is 11.1 Å². The molecule has 5 heteroatoms. The second kappa shape index (κ2) is 3.61. The van der Waals surface area contributed by atoms with Gasteiger partial charge in [-0.15, -0.1) is 0 Å². The first-order chi connectivity index (χ1) is 7.84. The van der Waals surface area contributed by atoms with Gasteiger partial charge >= 0.3 is 0 Å². The van der Waals surface area contributed by atoms with Gasteiger partial charge in [-0.3, -0.25) is 0 Å². The molecule has 1 unspecified atom stereocenters. The number of nitrogen functional groups attached to an aromatic ring is 1. The standard InChI is InChI=1S/C11H12N4O/c12-11-14-10(16-15-11)9-8-4-2-1-3-7(8)5-6-13-9/h1-4,9,13H,5-6H2,(H2,12,15). The zero-order chi connectivity index (χ0) is 11.0. The van der Waals surface area contributed by atoms with Crippen LogP contribution in [0.2, 0.25) is 0 Å². The number of hydrogen-bond acceptors (Lipinski definition) is 5. The predicted molar refractivity (Wildman–Crippen MR) is 58.7 cm³/mol. The van der Waals surface area contributed by atoms with E-state index >= 15 is 0 Å². The molecular formula is C11H12N4O. The number of nitrogens with one attached hydrogen (secondary N) is 1. The monoisotopic (exact) mass is 216 g/mol. The Kier molecular flexibility index (Phi) is 2.11. The molecule has 0 bridgehead atoms. The van der Waals surface area contributed by atoms with Crippen molar-refractivity contribution >= 4 is 5.95 Å². The van der Waals surface area contributed by atoms with Gasteiger partial charge in [-0.05, 0) is 22.7 Å². The maximum atomic E-state index is 5.46. The van der Waals surface area contributed by atoms with E-state index in [-0.39, 0.29) is 12.0 Å². The number of aromatic nitrogens is 2. The average Bonchev–Trinajstić information content (AvgIpc) is 2.75. The minimum atomic E-state index is -0.0326. The fraction of sp³-hybridized carbons (Fsp3) is 0.273. The van der Waals surface area contributed by atoms with Gasteiger partial charge < -0.3 is 15.6 Å². The summed E-state index contributed by atoms with van der Waals surface area (Å²) in [4.78, 5) is 4.07. The lowest BCUT2D eigenvalue weighted by Gasteiger charge is -2.23. The Hall–Kier alpha value is -1.88. The van der Waals surface area contributed by atoms with E-state index in [0.717, 1.165) is 13.0 Å². The van der Waals surface area contributed by atoms with Crippen LogP contribution < -0.4 is 11.1 Å². The Labute approximate surface area is 92.7 Å². The van der Waals surface area contributed by atoms with Crippen molar-refractivity contribution < 1.29 is 4.52 Å². The molecule has 1 aliphatic heterocycles. The van der Waals surface area contributed by atoms with Crippen molar-refractivity contribution in [2.45, 2.75) is 12.5 Å². The van der Waals surface area contributed by atoms with Crippen LogP contribution in [-0.2, 0) is 6.42 Å². The summed E-state index contributed by atoms with van der Waals surface area (Å²) >= 11 is 0. The first-order valence-corrected chi connectivity index (χ1v) is 5.25. The minimum absolute atomic E-state index is 0.0326. The van der Waals surface area contributed by atoms with Crippen molar-refractivity contribution in [3.05, 3.63) is 41.3 Å². The van der Waals surface area contributed by atoms with E-state index < -0.39 is 0 Å². The van der Waals surface area contributed by atoms with E-state index in [4.69, 9.17) is 10.3 Å². The van der Waals surface area contributed by atoms with Gasteiger partial charge in [0.25, 0.3) is 5.95 Å². The summed E-state index contributed by atoms with van der Waals surface area (Å²) in [7, 11) is 0. The van der Waals surface area contributed by atoms with Crippen LogP contribution in [0.4, 0.5) is 5.95 Å². The lowest BCUT2D eigenvalue weighted by atomic mass is 9.94. The molecule has 0 radical (unpaired) electrons. The van der Waals surface area contributed by atoms with Gasteiger partial charge in [-0.2, -0.15) is 4.98 Å². The number of nitrogens with two attached hydrogens (primary N) is 1. The third kappa shape index (κ3) is 1.45. The Morgan fingerprint density at radius 2 is 2.25 bits per heavy atom. The van der Waals surface area contributed by atoms with Crippen LogP contribution in [0.15, 0.2) is 28.8 Å². The summed E-state index contributed by atoms with van der Waals surface area (Å²) in [6.45, 7) is 0.907. The Balaban J connectivity index is 2.04. The molecule has 3 rings (SSSR count). The molecule has 1 aliphatic rings. The zero-order valence-corrected chi connectivity index (χ0v) is 8.68. The quantitative estimate of drug-likeness (QED) is 0.740. The molecule has 2 heterocycles. The fourth-order valence-electron chi connectivity index (χ4n) is 2.09. The lowest BCUT2D eigenvalue weighted by molar-refractivity contribution is 0.344. The third-order valence-electron chi connectivity index (χ3n) is 2.81. The van der Waals surface area contributed by atoms with E-state index in [2.05, 4.69) is 27.6 Å². The molecular weight excluding hydrogens is 204 g/mol. The van der Waals surface area contributed by atoms with E-state index in [1.807, 2.05) is 12.1 Å². The molecule has 0 spiro atoms. The zero-order valence-electron chi connectivity index (χ0n) is 8.68. The summed E-state index contributed by atoms with van der Waals surface area (Å²) in [6.07, 6.45) is 1.02. The van der Waals surface area contributed by atoms with Gasteiger partial charge in [0.2, 0.25) is 5.89 Å².